The van der Waals surface area contributed by atoms with Gasteiger partial charge in [0.1, 0.15) is 12.2 Å². The van der Waals surface area contributed by atoms with Crippen LogP contribution in [0.25, 0.3) is 6.08 Å². The van der Waals surface area contributed by atoms with E-state index in [2.05, 4.69) is 5.32 Å². The van der Waals surface area contributed by atoms with Crippen LogP contribution in [0.15, 0.2) is 72.3 Å². The fraction of sp³-hybridized carbons (Fsp3) is 0.115. The van der Waals surface area contributed by atoms with E-state index in [4.69, 9.17) is 21.1 Å². The number of ether oxygens (including phenoxy) is 2. The first-order valence-electron chi connectivity index (χ1n) is 10.4. The van der Waals surface area contributed by atoms with Gasteiger partial charge in [0.15, 0.2) is 11.5 Å². The van der Waals surface area contributed by atoms with Crippen LogP contribution in [0, 0.1) is 6.92 Å². The molecule has 34 heavy (non-hydrogen) atoms. The summed E-state index contributed by atoms with van der Waals surface area (Å²) in [6.45, 7) is 2.00. The molecule has 1 aliphatic rings. The number of carbonyl (C=O) groups is 3. The van der Waals surface area contributed by atoms with E-state index in [1.807, 2.05) is 30.3 Å². The molecular weight excluding hydrogens is 456 g/mol. The Bertz CT molecular complexity index is 1300. The molecule has 8 heteroatoms. The number of barbiturate groups is 1. The Labute approximate surface area is 201 Å². The summed E-state index contributed by atoms with van der Waals surface area (Å²) in [5.41, 5.74) is 2.15. The molecule has 4 amide bonds. The van der Waals surface area contributed by atoms with Crippen LogP contribution in [0.4, 0.5) is 10.5 Å². The van der Waals surface area contributed by atoms with Gasteiger partial charge in [0, 0.05) is 5.02 Å². The molecule has 3 aromatic rings. The number of anilines is 1. The molecule has 172 valence electrons. The number of rotatable bonds is 6. The van der Waals surface area contributed by atoms with Crippen molar-refractivity contribution in [2.45, 2.75) is 13.5 Å². The number of benzene rings is 3. The summed E-state index contributed by atoms with van der Waals surface area (Å²) in [4.78, 5) is 39.2. The van der Waals surface area contributed by atoms with Gasteiger partial charge in [-0.3, -0.25) is 14.9 Å². The number of urea groups is 1. The first-order valence-corrected chi connectivity index (χ1v) is 10.8. The number of carbonyl (C=O) groups excluding carboxylic acids is 3. The van der Waals surface area contributed by atoms with E-state index >= 15 is 0 Å². The topological polar surface area (TPSA) is 84.9 Å². The third kappa shape index (κ3) is 4.65. The van der Waals surface area contributed by atoms with E-state index in [9.17, 15) is 14.4 Å². The van der Waals surface area contributed by atoms with Crippen molar-refractivity contribution in [1.29, 1.82) is 0 Å². The Morgan fingerprint density at radius 1 is 0.971 bits per heavy atom. The third-order valence-corrected chi connectivity index (χ3v) is 5.73. The molecule has 0 unspecified atom stereocenters. The molecule has 1 saturated heterocycles. The summed E-state index contributed by atoms with van der Waals surface area (Å²) in [7, 11) is 1.53. The first kappa shape index (κ1) is 23.1. The van der Waals surface area contributed by atoms with Gasteiger partial charge < -0.3 is 9.47 Å². The highest BCUT2D eigenvalue weighted by molar-refractivity contribution is 6.39. The standard InChI is InChI=1S/C26H21ClN2O5/c1-16-20(27)9-6-10-21(16)29-25(31)19(24(30)28-26(29)32)13-18-11-12-22(33-2)23(14-18)34-15-17-7-4-3-5-8-17/h3-14H,15H2,1-2H3,(H,28,30,32)/b19-13+. The maximum absolute atomic E-state index is 13.2. The average molecular weight is 477 g/mol. The average Bonchev–Trinajstić information content (AvgIpc) is 2.83. The van der Waals surface area contributed by atoms with E-state index in [0.717, 1.165) is 10.5 Å². The molecule has 3 aromatic carbocycles. The lowest BCUT2D eigenvalue weighted by Gasteiger charge is -2.27. The number of hydrogen-bond donors (Lipinski definition) is 1. The lowest BCUT2D eigenvalue weighted by Crippen LogP contribution is -2.54. The van der Waals surface area contributed by atoms with Crippen LogP contribution in [0.1, 0.15) is 16.7 Å². The van der Waals surface area contributed by atoms with Gasteiger partial charge in [0.25, 0.3) is 11.8 Å². The van der Waals surface area contributed by atoms with E-state index < -0.39 is 17.8 Å². The highest BCUT2D eigenvalue weighted by atomic mass is 35.5. The molecule has 1 aliphatic heterocycles. The molecule has 1 fully saturated rings. The van der Waals surface area contributed by atoms with Crippen molar-refractivity contribution >= 4 is 41.2 Å². The van der Waals surface area contributed by atoms with Gasteiger partial charge in [-0.25, -0.2) is 9.69 Å². The molecule has 4 rings (SSSR count). The van der Waals surface area contributed by atoms with Crippen LogP contribution in [0.2, 0.25) is 5.02 Å². The predicted octanol–water partition coefficient (Wildman–Crippen LogP) is 4.90. The van der Waals surface area contributed by atoms with Crippen LogP contribution >= 0.6 is 11.6 Å². The lowest BCUT2D eigenvalue weighted by molar-refractivity contribution is -0.122. The quantitative estimate of drug-likeness (QED) is 0.404. The molecule has 1 heterocycles. The Balaban J connectivity index is 1.66. The number of nitrogens with one attached hydrogen (secondary N) is 1. The molecule has 0 saturated carbocycles. The SMILES string of the molecule is COc1ccc(/C=C2\C(=O)NC(=O)N(c3cccc(Cl)c3C)C2=O)cc1OCc1ccccc1. The fourth-order valence-electron chi connectivity index (χ4n) is 3.51. The van der Waals surface area contributed by atoms with Crippen molar-refractivity contribution in [3.8, 4) is 11.5 Å². The van der Waals surface area contributed by atoms with Crippen LogP contribution in [-0.2, 0) is 16.2 Å². The smallest absolute Gasteiger partial charge is 0.335 e. The van der Waals surface area contributed by atoms with Crippen LogP contribution in [-0.4, -0.2) is 25.0 Å². The molecule has 1 N–H and O–H groups in total. The zero-order valence-electron chi connectivity index (χ0n) is 18.5. The van der Waals surface area contributed by atoms with Crippen molar-refractivity contribution in [3.63, 3.8) is 0 Å². The number of nitrogens with zero attached hydrogens (tertiary/aromatic N) is 1. The number of halogens is 1. The van der Waals surface area contributed by atoms with Crippen molar-refractivity contribution in [2.24, 2.45) is 0 Å². The third-order valence-electron chi connectivity index (χ3n) is 5.32. The van der Waals surface area contributed by atoms with Gasteiger partial charge in [-0.2, -0.15) is 0 Å². The minimum Gasteiger partial charge on any atom is -0.493 e. The summed E-state index contributed by atoms with van der Waals surface area (Å²) in [5.74, 6) is -0.581. The van der Waals surface area contributed by atoms with Crippen molar-refractivity contribution in [1.82, 2.24) is 5.32 Å². The summed E-state index contributed by atoms with van der Waals surface area (Å²) in [6, 6.07) is 18.7. The maximum Gasteiger partial charge on any atom is 0.335 e. The van der Waals surface area contributed by atoms with E-state index in [1.54, 1.807) is 43.3 Å². The van der Waals surface area contributed by atoms with Crippen LogP contribution in [0.5, 0.6) is 11.5 Å². The molecule has 0 spiro atoms. The molecule has 0 radical (unpaired) electrons. The second kappa shape index (κ2) is 9.80. The normalized spacial score (nSPS) is 14.9. The highest BCUT2D eigenvalue weighted by Gasteiger charge is 2.37. The molecule has 0 bridgehead atoms. The van der Waals surface area contributed by atoms with Crippen LogP contribution < -0.4 is 19.7 Å². The molecule has 0 atom stereocenters. The van der Waals surface area contributed by atoms with Crippen molar-refractivity contribution in [3.05, 3.63) is 94.0 Å². The summed E-state index contributed by atoms with van der Waals surface area (Å²) < 4.78 is 11.3. The largest absolute Gasteiger partial charge is 0.493 e. The zero-order valence-corrected chi connectivity index (χ0v) is 19.3. The Kier molecular flexibility index (Phi) is 6.65. The monoisotopic (exact) mass is 476 g/mol. The van der Waals surface area contributed by atoms with Crippen molar-refractivity contribution in [2.75, 3.05) is 12.0 Å². The second-order valence-electron chi connectivity index (χ2n) is 7.53. The van der Waals surface area contributed by atoms with Gasteiger partial charge in [-0.05, 0) is 54.0 Å². The summed E-state index contributed by atoms with van der Waals surface area (Å²) in [5, 5.41) is 2.62. The number of hydrogen-bond acceptors (Lipinski definition) is 5. The minimum absolute atomic E-state index is 0.196. The number of imide groups is 2. The predicted molar refractivity (Wildman–Crippen MR) is 129 cm³/mol. The number of amides is 4. The van der Waals surface area contributed by atoms with Gasteiger partial charge in [-0.1, -0.05) is 54.1 Å². The number of methoxy groups -OCH3 is 1. The second-order valence-corrected chi connectivity index (χ2v) is 7.93. The molecular formula is C26H21ClN2O5. The van der Waals surface area contributed by atoms with Gasteiger partial charge >= 0.3 is 6.03 Å². The van der Waals surface area contributed by atoms with E-state index in [1.165, 1.54) is 13.2 Å². The summed E-state index contributed by atoms with van der Waals surface area (Å²) >= 11 is 6.17. The van der Waals surface area contributed by atoms with Gasteiger partial charge in [-0.15, -0.1) is 0 Å². The Morgan fingerprint density at radius 2 is 1.74 bits per heavy atom. The van der Waals surface area contributed by atoms with E-state index in [-0.39, 0.29) is 5.57 Å². The van der Waals surface area contributed by atoms with Crippen LogP contribution in [0.3, 0.4) is 0 Å². The lowest BCUT2D eigenvalue weighted by atomic mass is 10.1. The molecule has 7 nitrogen and oxygen atoms in total. The molecule has 0 aliphatic carbocycles. The molecule has 0 aromatic heterocycles. The fourth-order valence-corrected chi connectivity index (χ4v) is 3.68. The Hall–Kier alpha value is -4.10. The Morgan fingerprint density at radius 3 is 2.47 bits per heavy atom. The van der Waals surface area contributed by atoms with E-state index in [0.29, 0.717) is 39.9 Å². The van der Waals surface area contributed by atoms with Gasteiger partial charge in [0.05, 0.1) is 12.8 Å². The first-order chi connectivity index (χ1) is 16.4. The maximum atomic E-state index is 13.2. The van der Waals surface area contributed by atoms with Crippen molar-refractivity contribution < 1.29 is 23.9 Å². The highest BCUT2D eigenvalue weighted by Crippen LogP contribution is 2.32. The summed E-state index contributed by atoms with van der Waals surface area (Å²) in [6.07, 6.45) is 1.41. The van der Waals surface area contributed by atoms with Gasteiger partial charge in [0.2, 0.25) is 0 Å². The zero-order chi connectivity index (χ0) is 24.2. The minimum atomic E-state index is -0.834.